The van der Waals surface area contributed by atoms with Crippen molar-refractivity contribution in [3.8, 4) is 11.5 Å². The highest BCUT2D eigenvalue weighted by Crippen LogP contribution is 2.21. The summed E-state index contributed by atoms with van der Waals surface area (Å²) in [5.41, 5.74) is 2.52. The number of rotatable bonds is 10. The second-order valence-corrected chi connectivity index (χ2v) is 8.27. The van der Waals surface area contributed by atoms with E-state index in [9.17, 15) is 0 Å². The molecule has 0 N–H and O–H groups in total. The van der Waals surface area contributed by atoms with Crippen molar-refractivity contribution < 1.29 is 9.47 Å². The molecule has 30 heavy (non-hydrogen) atoms. The van der Waals surface area contributed by atoms with Crippen LogP contribution in [0.1, 0.15) is 24.0 Å². The van der Waals surface area contributed by atoms with Gasteiger partial charge in [-0.2, -0.15) is 0 Å². The summed E-state index contributed by atoms with van der Waals surface area (Å²) >= 11 is 0. The lowest BCUT2D eigenvalue weighted by atomic mass is 9.97. The average molecular weight is 409 g/mol. The summed E-state index contributed by atoms with van der Waals surface area (Å²) in [5.74, 6) is 2.65. The first-order valence-electron chi connectivity index (χ1n) is 11.0. The zero-order chi connectivity index (χ0) is 21.2. The summed E-state index contributed by atoms with van der Waals surface area (Å²) in [7, 11) is 5.69. The van der Waals surface area contributed by atoms with Gasteiger partial charge in [-0.25, -0.2) is 0 Å². The molecular weight excluding hydrogens is 372 g/mol. The number of piperidine rings is 1. The van der Waals surface area contributed by atoms with Gasteiger partial charge in [0, 0.05) is 26.2 Å². The van der Waals surface area contributed by atoms with E-state index in [4.69, 9.17) is 9.47 Å². The highest BCUT2D eigenvalue weighted by molar-refractivity contribution is 5.50. The second-order valence-electron chi connectivity index (χ2n) is 8.27. The molecule has 0 bridgehead atoms. The number of benzene rings is 2. The summed E-state index contributed by atoms with van der Waals surface area (Å²) in [6, 6.07) is 16.6. The maximum atomic E-state index is 5.50. The number of hydrogen-bond donors (Lipinski definition) is 0. The molecule has 0 amide bonds. The van der Waals surface area contributed by atoms with Gasteiger partial charge in [-0.3, -0.25) is 0 Å². The highest BCUT2D eigenvalue weighted by Gasteiger charge is 2.21. The van der Waals surface area contributed by atoms with Crippen molar-refractivity contribution in [1.29, 1.82) is 0 Å². The number of para-hydroxylation sites is 1. The minimum Gasteiger partial charge on any atom is -0.497 e. The first-order valence-corrected chi connectivity index (χ1v) is 11.0. The molecule has 0 radical (unpaired) electrons. The van der Waals surface area contributed by atoms with Crippen molar-refractivity contribution in [2.45, 2.75) is 19.3 Å². The van der Waals surface area contributed by atoms with E-state index in [2.05, 4.69) is 59.3 Å². The number of ether oxygens (including phenoxy) is 2. The molecule has 1 aliphatic rings. The van der Waals surface area contributed by atoms with E-state index in [1.807, 2.05) is 18.2 Å². The molecule has 162 valence electrons. The molecule has 1 unspecified atom stereocenters. The van der Waals surface area contributed by atoms with Crippen molar-refractivity contribution in [2.24, 2.45) is 5.92 Å². The standard InChI is InChI=1S/C26H36N2O2/c1-27(17-6-8-22-12-14-25(29-2)15-13-22)20-23-9-7-18-28(21-23)19-16-24-10-4-5-11-26(24)30-3/h4-6,8,10-15,23H,7,9,16-21H2,1-3H3/b8-6+. The summed E-state index contributed by atoms with van der Waals surface area (Å²) < 4.78 is 10.7. The molecule has 1 aliphatic heterocycles. The molecule has 1 atom stereocenters. The van der Waals surface area contributed by atoms with Gasteiger partial charge in [0.1, 0.15) is 11.5 Å². The van der Waals surface area contributed by atoms with Gasteiger partial charge in [-0.05, 0) is 68.1 Å². The first kappa shape index (κ1) is 22.4. The van der Waals surface area contributed by atoms with Gasteiger partial charge < -0.3 is 19.3 Å². The van der Waals surface area contributed by atoms with Crippen LogP contribution in [0.2, 0.25) is 0 Å². The van der Waals surface area contributed by atoms with Crippen LogP contribution in [0.3, 0.4) is 0 Å². The number of nitrogens with zero attached hydrogens (tertiary/aromatic N) is 2. The third kappa shape index (κ3) is 6.89. The minimum absolute atomic E-state index is 0.746. The molecule has 3 rings (SSSR count). The molecule has 0 spiro atoms. The van der Waals surface area contributed by atoms with E-state index in [-0.39, 0.29) is 0 Å². The van der Waals surface area contributed by atoms with Crippen molar-refractivity contribution in [2.75, 3.05) is 54.0 Å². The van der Waals surface area contributed by atoms with E-state index in [1.165, 1.54) is 37.1 Å². The van der Waals surface area contributed by atoms with Crippen LogP contribution in [0.4, 0.5) is 0 Å². The topological polar surface area (TPSA) is 24.9 Å². The van der Waals surface area contributed by atoms with E-state index in [0.717, 1.165) is 43.5 Å². The molecule has 4 heteroatoms. The number of likely N-dealkylation sites (N-methyl/N-ethyl adjacent to an activating group) is 1. The largest absolute Gasteiger partial charge is 0.497 e. The molecule has 0 aliphatic carbocycles. The zero-order valence-electron chi connectivity index (χ0n) is 18.7. The summed E-state index contributed by atoms with van der Waals surface area (Å²) in [6.07, 6.45) is 8.13. The van der Waals surface area contributed by atoms with E-state index < -0.39 is 0 Å². The van der Waals surface area contributed by atoms with E-state index >= 15 is 0 Å². The predicted molar refractivity (Wildman–Crippen MR) is 125 cm³/mol. The first-order chi connectivity index (χ1) is 14.7. The van der Waals surface area contributed by atoms with Crippen LogP contribution < -0.4 is 9.47 Å². The van der Waals surface area contributed by atoms with Crippen LogP contribution >= 0.6 is 0 Å². The van der Waals surface area contributed by atoms with Gasteiger partial charge >= 0.3 is 0 Å². The van der Waals surface area contributed by atoms with E-state index in [0.29, 0.717) is 0 Å². The highest BCUT2D eigenvalue weighted by atomic mass is 16.5. The van der Waals surface area contributed by atoms with Gasteiger partial charge in [0.05, 0.1) is 14.2 Å². The monoisotopic (exact) mass is 408 g/mol. The molecule has 0 aromatic heterocycles. The van der Waals surface area contributed by atoms with Crippen molar-refractivity contribution in [1.82, 2.24) is 9.80 Å². The van der Waals surface area contributed by atoms with Gasteiger partial charge in [0.25, 0.3) is 0 Å². The fourth-order valence-electron chi connectivity index (χ4n) is 4.29. The lowest BCUT2D eigenvalue weighted by Crippen LogP contribution is -2.41. The Labute approximate surface area is 182 Å². The SMILES string of the molecule is COc1ccc(/C=C/CN(C)CC2CCCN(CCc3ccccc3OC)C2)cc1. The number of hydrogen-bond acceptors (Lipinski definition) is 4. The van der Waals surface area contributed by atoms with Gasteiger partial charge in [0.15, 0.2) is 0 Å². The summed E-state index contributed by atoms with van der Waals surface area (Å²) in [4.78, 5) is 5.07. The third-order valence-electron chi connectivity index (χ3n) is 5.91. The molecular formula is C26H36N2O2. The molecule has 2 aromatic carbocycles. The Morgan fingerprint density at radius 2 is 1.87 bits per heavy atom. The Morgan fingerprint density at radius 1 is 1.07 bits per heavy atom. The molecule has 0 saturated carbocycles. The van der Waals surface area contributed by atoms with Gasteiger partial charge in [0.2, 0.25) is 0 Å². The van der Waals surface area contributed by atoms with E-state index in [1.54, 1.807) is 14.2 Å². The quantitative estimate of drug-likeness (QED) is 0.573. The smallest absolute Gasteiger partial charge is 0.122 e. The molecule has 1 saturated heterocycles. The molecule has 4 nitrogen and oxygen atoms in total. The van der Waals surface area contributed by atoms with Crippen LogP contribution in [0.15, 0.2) is 54.6 Å². The van der Waals surface area contributed by atoms with Crippen LogP contribution in [-0.2, 0) is 6.42 Å². The fourth-order valence-corrected chi connectivity index (χ4v) is 4.29. The lowest BCUT2D eigenvalue weighted by Gasteiger charge is -2.34. The Bertz CT molecular complexity index is 788. The Hall–Kier alpha value is -2.30. The Kier molecular flexibility index (Phi) is 8.79. The van der Waals surface area contributed by atoms with Crippen LogP contribution in [0, 0.1) is 5.92 Å². The maximum Gasteiger partial charge on any atom is 0.122 e. The molecule has 1 fully saturated rings. The fraction of sp³-hybridized carbons (Fsp3) is 0.462. The maximum absolute atomic E-state index is 5.50. The van der Waals surface area contributed by atoms with Crippen molar-refractivity contribution >= 4 is 6.08 Å². The van der Waals surface area contributed by atoms with Crippen molar-refractivity contribution in [3.63, 3.8) is 0 Å². The normalized spacial score (nSPS) is 17.5. The van der Waals surface area contributed by atoms with Gasteiger partial charge in [-0.1, -0.05) is 42.5 Å². The average Bonchev–Trinajstić information content (AvgIpc) is 2.78. The van der Waals surface area contributed by atoms with Gasteiger partial charge in [-0.15, -0.1) is 0 Å². The number of likely N-dealkylation sites (tertiary alicyclic amines) is 1. The summed E-state index contributed by atoms with van der Waals surface area (Å²) in [6.45, 7) is 5.65. The number of methoxy groups -OCH3 is 2. The third-order valence-corrected chi connectivity index (χ3v) is 5.91. The van der Waals surface area contributed by atoms with Crippen LogP contribution in [0.5, 0.6) is 11.5 Å². The second kappa shape index (κ2) is 11.8. The Morgan fingerprint density at radius 3 is 2.63 bits per heavy atom. The van der Waals surface area contributed by atoms with Crippen molar-refractivity contribution in [3.05, 3.63) is 65.7 Å². The zero-order valence-corrected chi connectivity index (χ0v) is 18.7. The molecule has 2 aromatic rings. The Balaban J connectivity index is 1.41. The summed E-state index contributed by atoms with van der Waals surface area (Å²) in [5, 5.41) is 0. The lowest BCUT2D eigenvalue weighted by molar-refractivity contribution is 0.148. The van der Waals surface area contributed by atoms with Crippen LogP contribution in [-0.4, -0.2) is 63.8 Å². The van der Waals surface area contributed by atoms with Crippen LogP contribution in [0.25, 0.3) is 6.08 Å². The molecule has 1 heterocycles. The minimum atomic E-state index is 0.746. The predicted octanol–water partition coefficient (Wildman–Crippen LogP) is 4.60.